The lowest BCUT2D eigenvalue weighted by Crippen LogP contribution is -2.30. The van der Waals surface area contributed by atoms with Crippen LogP contribution in [0.25, 0.3) is 10.9 Å². The van der Waals surface area contributed by atoms with E-state index in [-0.39, 0.29) is 18.9 Å². The van der Waals surface area contributed by atoms with Crippen molar-refractivity contribution < 1.29 is 14.7 Å². The molecule has 1 aromatic heterocycles. The number of aromatic nitrogens is 1. The standard InChI is InChI=1S/C12H12N2O3/c15-11(14-7-12(16)17)5-8-6-13-10-4-2-1-3-9(8)10/h1-4,6,13H,5,7H2,(H,14,15)(H,16,17)/i7+1,12+1,14+1. The molecule has 1 heterocycles. The first-order valence-electron chi connectivity index (χ1n) is 5.20. The Bertz CT molecular complexity index is 560. The van der Waals surface area contributed by atoms with Crippen molar-refractivity contribution in [1.29, 1.82) is 0 Å². The Balaban J connectivity index is 2.08. The van der Waals surface area contributed by atoms with Gasteiger partial charge in [0.1, 0.15) is 6.54 Å². The van der Waals surface area contributed by atoms with Crippen LogP contribution in [0.1, 0.15) is 5.56 Å². The van der Waals surface area contributed by atoms with E-state index in [4.69, 9.17) is 5.11 Å². The van der Waals surface area contributed by atoms with Crippen molar-refractivity contribution in [3.05, 3.63) is 36.0 Å². The molecule has 0 radical (unpaired) electrons. The van der Waals surface area contributed by atoms with Crippen molar-refractivity contribution >= 4 is 22.8 Å². The number of H-pyrrole nitrogens is 1. The van der Waals surface area contributed by atoms with Crippen molar-refractivity contribution in [3.63, 3.8) is 0 Å². The van der Waals surface area contributed by atoms with Crippen LogP contribution in [0.3, 0.4) is 0 Å². The number of nitrogens with one attached hydrogen (secondary N) is 2. The number of benzene rings is 1. The Labute approximate surface area is 97.4 Å². The number of aromatic amines is 1. The van der Waals surface area contributed by atoms with E-state index in [2.05, 4.69) is 10.3 Å². The molecule has 0 saturated heterocycles. The van der Waals surface area contributed by atoms with Crippen molar-refractivity contribution in [1.82, 2.24) is 10.3 Å². The molecule has 5 nitrogen and oxygen atoms in total. The first-order valence-corrected chi connectivity index (χ1v) is 5.20. The number of carbonyl (C=O) groups excluding carboxylic acids is 1. The summed E-state index contributed by atoms with van der Waals surface area (Å²) in [5.41, 5.74) is 1.83. The smallest absolute Gasteiger partial charge is 0.322 e. The first-order chi connectivity index (χ1) is 8.16. The third-order valence-electron chi connectivity index (χ3n) is 2.46. The van der Waals surface area contributed by atoms with Gasteiger partial charge in [0, 0.05) is 17.1 Å². The van der Waals surface area contributed by atoms with Gasteiger partial charge in [-0.2, -0.15) is 0 Å². The van der Waals surface area contributed by atoms with E-state index in [1.807, 2.05) is 24.3 Å². The second-order valence-corrected chi connectivity index (χ2v) is 3.71. The molecule has 0 spiro atoms. The molecule has 5 heteroatoms. The Morgan fingerprint density at radius 2 is 2.06 bits per heavy atom. The molecule has 0 fully saturated rings. The molecule has 3 N–H and O–H groups in total. The summed E-state index contributed by atoms with van der Waals surface area (Å²) in [6.45, 7) is -0.346. The van der Waals surface area contributed by atoms with E-state index in [9.17, 15) is 9.59 Å². The second-order valence-electron chi connectivity index (χ2n) is 3.71. The number of amides is 1. The fourth-order valence-electron chi connectivity index (χ4n) is 1.69. The zero-order valence-electron chi connectivity index (χ0n) is 9.06. The van der Waals surface area contributed by atoms with Crippen LogP contribution in [0, 0.1) is 0 Å². The highest BCUT2D eigenvalue weighted by molar-refractivity contribution is 5.89. The van der Waals surface area contributed by atoms with Gasteiger partial charge in [-0.1, -0.05) is 18.2 Å². The number of carbonyl (C=O) groups is 2. The van der Waals surface area contributed by atoms with Crippen molar-refractivity contribution in [3.8, 4) is 0 Å². The molecule has 2 aromatic rings. The van der Waals surface area contributed by atoms with Gasteiger partial charge >= 0.3 is 5.97 Å². The van der Waals surface area contributed by atoms with Crippen LogP contribution >= 0.6 is 0 Å². The third-order valence-corrected chi connectivity index (χ3v) is 2.46. The minimum atomic E-state index is -1.04. The maximum absolute atomic E-state index is 11.5. The molecule has 0 atom stereocenters. The number of para-hydroxylation sites is 1. The predicted molar refractivity (Wildman–Crippen MR) is 62.6 cm³/mol. The van der Waals surface area contributed by atoms with Gasteiger partial charge in [0.2, 0.25) is 5.91 Å². The number of carboxylic acid groups (broad SMARTS) is 1. The SMILES string of the molecule is O=C(Cc1c[nH]c2ccccc12)[15NH][13CH2][13C](=O)O. The lowest BCUT2D eigenvalue weighted by atomic mass is 10.1. The Kier molecular flexibility index (Phi) is 3.09. The predicted octanol–water partition coefficient (Wildman–Crippen LogP) is 0.911. The van der Waals surface area contributed by atoms with Gasteiger partial charge in [-0.3, -0.25) is 9.59 Å². The van der Waals surface area contributed by atoms with Gasteiger partial charge in [-0.15, -0.1) is 0 Å². The van der Waals surface area contributed by atoms with Crippen LogP contribution in [0.15, 0.2) is 30.5 Å². The molecule has 88 valence electrons. The molecule has 0 aliphatic rings. The number of aliphatic carboxylic acids is 1. The largest absolute Gasteiger partial charge is 0.480 e. The summed E-state index contributed by atoms with van der Waals surface area (Å²) in [6.07, 6.45) is 1.95. The molecule has 17 heavy (non-hydrogen) atoms. The molecule has 0 unspecified atom stereocenters. The minimum Gasteiger partial charge on any atom is -0.480 e. The Hall–Kier alpha value is -2.30. The summed E-state index contributed by atoms with van der Waals surface area (Å²) >= 11 is 0. The lowest BCUT2D eigenvalue weighted by Gasteiger charge is -2.01. The molecule has 2 rings (SSSR count). The van der Waals surface area contributed by atoms with E-state index in [1.54, 1.807) is 6.20 Å². The van der Waals surface area contributed by atoms with Crippen LogP contribution in [-0.4, -0.2) is 28.5 Å². The van der Waals surface area contributed by atoms with Crippen molar-refractivity contribution in [2.45, 2.75) is 6.42 Å². The second kappa shape index (κ2) is 4.69. The van der Waals surface area contributed by atoms with E-state index < -0.39 is 5.97 Å². The fraction of sp³-hybridized carbons (Fsp3) is 0.167. The zero-order valence-corrected chi connectivity index (χ0v) is 9.06. The molecule has 0 saturated carbocycles. The highest BCUT2D eigenvalue weighted by Gasteiger charge is 2.08. The summed E-state index contributed by atoms with van der Waals surface area (Å²) in [7, 11) is 0. The summed E-state index contributed by atoms with van der Waals surface area (Å²) in [4.78, 5) is 24.8. The zero-order chi connectivity index (χ0) is 12.3. The van der Waals surface area contributed by atoms with Crippen LogP contribution in [0.5, 0.6) is 0 Å². The van der Waals surface area contributed by atoms with Gasteiger partial charge in [0.05, 0.1) is 6.42 Å². The summed E-state index contributed by atoms with van der Waals surface area (Å²) < 4.78 is 0. The average molecular weight is 235 g/mol. The van der Waals surface area contributed by atoms with Crippen LogP contribution in [0.4, 0.5) is 0 Å². The average Bonchev–Trinajstić information content (AvgIpc) is 2.70. The highest BCUT2D eigenvalue weighted by atomic mass is 16.5. The number of hydrogen-bond donors (Lipinski definition) is 3. The molecular weight excluding hydrogens is 223 g/mol. The summed E-state index contributed by atoms with van der Waals surface area (Å²) in [6, 6.07) is 7.65. The molecule has 0 aliphatic heterocycles. The quantitative estimate of drug-likeness (QED) is 0.544. The van der Waals surface area contributed by atoms with Gasteiger partial charge in [-0.25, -0.2) is 0 Å². The molecule has 0 bridgehead atoms. The number of carboxylic acids is 1. The maximum atomic E-state index is 11.5. The van der Waals surface area contributed by atoms with Gasteiger partial charge < -0.3 is 15.4 Å². The Morgan fingerprint density at radius 1 is 1.29 bits per heavy atom. The molecule has 0 aliphatic carbocycles. The monoisotopic (exact) mass is 235 g/mol. The van der Waals surface area contributed by atoms with Gasteiger partial charge in [-0.05, 0) is 11.6 Å². The molecular formula is C12H12N2O3. The normalized spacial score (nSPS) is 10.4. The van der Waals surface area contributed by atoms with Crippen molar-refractivity contribution in [2.75, 3.05) is 6.54 Å². The van der Waals surface area contributed by atoms with Gasteiger partial charge in [0.15, 0.2) is 0 Å². The maximum Gasteiger partial charge on any atom is 0.322 e. The van der Waals surface area contributed by atoms with E-state index in [0.29, 0.717) is 0 Å². The molecule has 1 aromatic carbocycles. The van der Waals surface area contributed by atoms with Crippen molar-refractivity contribution in [2.24, 2.45) is 0 Å². The topological polar surface area (TPSA) is 82.2 Å². The van der Waals surface area contributed by atoms with Crippen LogP contribution in [-0.2, 0) is 16.0 Å². The van der Waals surface area contributed by atoms with E-state index in [0.717, 1.165) is 16.5 Å². The molecule has 1 amide bonds. The number of fused-ring (bicyclic) bond motifs is 1. The lowest BCUT2D eigenvalue weighted by molar-refractivity contribution is -0.137. The number of rotatable bonds is 4. The van der Waals surface area contributed by atoms with E-state index in [1.165, 1.54) is 0 Å². The Morgan fingerprint density at radius 3 is 2.82 bits per heavy atom. The fourth-order valence-corrected chi connectivity index (χ4v) is 1.69. The van der Waals surface area contributed by atoms with Gasteiger partial charge in [0.25, 0.3) is 0 Å². The first kappa shape index (κ1) is 11.2. The minimum absolute atomic E-state index is 0.178. The highest BCUT2D eigenvalue weighted by Crippen LogP contribution is 2.17. The summed E-state index contributed by atoms with van der Waals surface area (Å²) in [5.74, 6) is -1.34. The van der Waals surface area contributed by atoms with Crippen LogP contribution in [0.2, 0.25) is 0 Å². The van der Waals surface area contributed by atoms with Crippen LogP contribution < -0.4 is 5.32 Å². The third kappa shape index (κ3) is 2.63. The van der Waals surface area contributed by atoms with E-state index >= 15 is 0 Å². The summed E-state index contributed by atoms with van der Waals surface area (Å²) in [5, 5.41) is 11.8. The number of hydrogen-bond acceptors (Lipinski definition) is 2.